The van der Waals surface area contributed by atoms with Crippen molar-refractivity contribution in [3.8, 4) is 0 Å². The van der Waals surface area contributed by atoms with Crippen LogP contribution >= 0.6 is 27.5 Å². The Kier molecular flexibility index (Phi) is 6.29. The molecule has 1 aromatic heterocycles. The molecule has 0 saturated carbocycles. The van der Waals surface area contributed by atoms with Crippen molar-refractivity contribution in [3.63, 3.8) is 0 Å². The van der Waals surface area contributed by atoms with Crippen molar-refractivity contribution in [2.24, 2.45) is 0 Å². The van der Waals surface area contributed by atoms with Gasteiger partial charge in [-0.05, 0) is 41.0 Å². The highest BCUT2D eigenvalue weighted by molar-refractivity contribution is 9.10. The average molecular weight is 457 g/mol. The number of carbonyl (C=O) groups excluding carboxylic acids is 2. The zero-order valence-corrected chi connectivity index (χ0v) is 17.0. The van der Waals surface area contributed by atoms with Gasteiger partial charge in [-0.25, -0.2) is 4.98 Å². The molecule has 2 aromatic rings. The van der Waals surface area contributed by atoms with Gasteiger partial charge in [0.1, 0.15) is 6.10 Å². The Labute approximate surface area is 169 Å². The number of hydrogen-bond donors (Lipinski definition) is 1. The van der Waals surface area contributed by atoms with Gasteiger partial charge < -0.3 is 10.1 Å². The van der Waals surface area contributed by atoms with Crippen LogP contribution in [0.2, 0.25) is 5.02 Å². The lowest BCUT2D eigenvalue weighted by atomic mass is 10.1. The van der Waals surface area contributed by atoms with E-state index in [0.717, 1.165) is 0 Å². The van der Waals surface area contributed by atoms with Crippen LogP contribution in [0.1, 0.15) is 26.2 Å². The van der Waals surface area contributed by atoms with Crippen molar-refractivity contribution < 1.29 is 14.3 Å². The molecule has 7 nitrogen and oxygen atoms in total. The van der Waals surface area contributed by atoms with Gasteiger partial charge in [-0.2, -0.15) is 0 Å². The fourth-order valence-electron chi connectivity index (χ4n) is 3.11. The van der Waals surface area contributed by atoms with Crippen molar-refractivity contribution in [2.45, 2.75) is 44.9 Å². The van der Waals surface area contributed by atoms with E-state index in [4.69, 9.17) is 16.3 Å². The van der Waals surface area contributed by atoms with Gasteiger partial charge >= 0.3 is 5.97 Å². The van der Waals surface area contributed by atoms with Gasteiger partial charge in [0.05, 0.1) is 34.8 Å². The number of ketones is 1. The quantitative estimate of drug-likeness (QED) is 0.672. The minimum Gasteiger partial charge on any atom is -0.461 e. The minimum absolute atomic E-state index is 0.0952. The lowest BCUT2D eigenvalue weighted by Crippen LogP contribution is -2.37. The van der Waals surface area contributed by atoms with E-state index in [1.807, 2.05) is 0 Å². The Hall–Kier alpha value is -1.77. The van der Waals surface area contributed by atoms with E-state index in [9.17, 15) is 14.4 Å². The lowest BCUT2D eigenvalue weighted by molar-refractivity contribution is -0.149. The van der Waals surface area contributed by atoms with Crippen molar-refractivity contribution in [3.05, 3.63) is 38.3 Å². The van der Waals surface area contributed by atoms with E-state index < -0.39 is 0 Å². The van der Waals surface area contributed by atoms with E-state index in [1.165, 1.54) is 17.0 Å². The first-order valence-electron chi connectivity index (χ1n) is 8.67. The molecule has 144 valence electrons. The number of aromatic nitrogens is 2. The second kappa shape index (κ2) is 8.50. The summed E-state index contributed by atoms with van der Waals surface area (Å²) < 4.78 is 7.30. The third-order valence-corrected chi connectivity index (χ3v) is 5.71. The van der Waals surface area contributed by atoms with Gasteiger partial charge in [-0.15, -0.1) is 0 Å². The summed E-state index contributed by atoms with van der Waals surface area (Å²) in [4.78, 5) is 40.8. The third-order valence-electron chi connectivity index (χ3n) is 4.52. The van der Waals surface area contributed by atoms with Gasteiger partial charge in [-0.3, -0.25) is 19.0 Å². The van der Waals surface area contributed by atoms with Crippen LogP contribution in [0.4, 0.5) is 0 Å². The smallest absolute Gasteiger partial charge is 0.305 e. The normalized spacial score (nSPS) is 19.4. The number of carbonyl (C=O) groups is 2. The topological polar surface area (TPSA) is 90.3 Å². The van der Waals surface area contributed by atoms with Crippen LogP contribution in [0, 0.1) is 0 Å². The number of esters is 1. The number of ether oxygens (including phenoxy) is 1. The monoisotopic (exact) mass is 455 g/mol. The maximum atomic E-state index is 12.6. The zero-order chi connectivity index (χ0) is 19.6. The molecule has 1 saturated heterocycles. The molecule has 0 spiro atoms. The summed E-state index contributed by atoms with van der Waals surface area (Å²) in [6.07, 6.45) is 2.19. The lowest BCUT2D eigenvalue weighted by Gasteiger charge is -2.19. The Morgan fingerprint density at radius 3 is 2.96 bits per heavy atom. The first-order chi connectivity index (χ1) is 12.9. The molecule has 0 bridgehead atoms. The Morgan fingerprint density at radius 2 is 2.22 bits per heavy atom. The highest BCUT2D eigenvalue weighted by atomic mass is 79.9. The van der Waals surface area contributed by atoms with Crippen LogP contribution in [0.3, 0.4) is 0 Å². The van der Waals surface area contributed by atoms with Gasteiger partial charge in [0.2, 0.25) is 0 Å². The molecule has 0 radical (unpaired) electrons. The van der Waals surface area contributed by atoms with Crippen LogP contribution in [0.25, 0.3) is 10.9 Å². The van der Waals surface area contributed by atoms with Crippen molar-refractivity contribution in [1.82, 2.24) is 14.9 Å². The fourth-order valence-corrected chi connectivity index (χ4v) is 3.60. The third kappa shape index (κ3) is 4.56. The molecule has 1 N–H and O–H groups in total. The molecule has 9 heteroatoms. The number of rotatable bonds is 6. The van der Waals surface area contributed by atoms with Crippen LogP contribution in [-0.2, 0) is 20.9 Å². The van der Waals surface area contributed by atoms with Gasteiger partial charge in [-0.1, -0.05) is 18.5 Å². The summed E-state index contributed by atoms with van der Waals surface area (Å²) in [5.41, 5.74) is 0.181. The van der Waals surface area contributed by atoms with E-state index in [-0.39, 0.29) is 42.4 Å². The molecule has 2 atom stereocenters. The molecule has 2 heterocycles. The molecule has 1 aromatic carbocycles. The Bertz CT molecular complexity index is 946. The molecule has 27 heavy (non-hydrogen) atoms. The summed E-state index contributed by atoms with van der Waals surface area (Å²) in [5.74, 6) is -0.419. The molecule has 3 rings (SSSR count). The molecule has 0 aliphatic carbocycles. The van der Waals surface area contributed by atoms with Crippen molar-refractivity contribution >= 4 is 50.2 Å². The largest absolute Gasteiger partial charge is 0.461 e. The van der Waals surface area contributed by atoms with Crippen LogP contribution in [0.5, 0.6) is 0 Å². The van der Waals surface area contributed by atoms with Crippen molar-refractivity contribution in [1.29, 1.82) is 0 Å². The standard InChI is InChI=1S/C18H19BrClN3O4/c1-2-17(25)27-16-3-4-21-15(16)5-10(24)8-23-9-22-14-7-12(19)13(20)6-11(14)18(23)26/h6-7,9,15-16,21H,2-5,8H2,1H3/t15-,16+/m1/s1. The first kappa shape index (κ1) is 20.0. The van der Waals surface area contributed by atoms with E-state index in [0.29, 0.717) is 39.8 Å². The van der Waals surface area contributed by atoms with Crippen LogP contribution < -0.4 is 10.9 Å². The molecule has 1 fully saturated rings. The van der Waals surface area contributed by atoms with E-state index >= 15 is 0 Å². The molecular formula is C18H19BrClN3O4. The predicted octanol–water partition coefficient (Wildman–Crippen LogP) is 2.46. The first-order valence-corrected chi connectivity index (χ1v) is 9.85. The average Bonchev–Trinajstić information content (AvgIpc) is 3.05. The van der Waals surface area contributed by atoms with Gasteiger partial charge in [0.15, 0.2) is 5.78 Å². The number of Topliss-reactive ketones (excluding diaryl/α,β-unsaturated/α-hetero) is 1. The predicted molar refractivity (Wildman–Crippen MR) is 105 cm³/mol. The van der Waals surface area contributed by atoms with E-state index in [1.54, 1.807) is 13.0 Å². The van der Waals surface area contributed by atoms with Crippen molar-refractivity contribution in [2.75, 3.05) is 6.54 Å². The molecule has 1 aliphatic rings. The maximum absolute atomic E-state index is 12.6. The molecule has 0 amide bonds. The maximum Gasteiger partial charge on any atom is 0.305 e. The number of hydrogen-bond acceptors (Lipinski definition) is 6. The number of fused-ring (bicyclic) bond motifs is 1. The molecule has 1 aliphatic heterocycles. The molecule has 0 unspecified atom stereocenters. The SMILES string of the molecule is CCC(=O)O[C@H]1CCN[C@@H]1CC(=O)Cn1cnc2cc(Br)c(Cl)cc2c1=O. The van der Waals surface area contributed by atoms with Crippen LogP contribution in [-0.4, -0.2) is 40.0 Å². The van der Waals surface area contributed by atoms with E-state index in [2.05, 4.69) is 26.2 Å². The zero-order valence-electron chi connectivity index (χ0n) is 14.7. The fraction of sp³-hybridized carbons (Fsp3) is 0.444. The number of benzene rings is 1. The molecular weight excluding hydrogens is 438 g/mol. The number of halogens is 2. The summed E-state index contributed by atoms with van der Waals surface area (Å²) in [5, 5.41) is 3.94. The summed E-state index contributed by atoms with van der Waals surface area (Å²) in [6.45, 7) is 2.32. The summed E-state index contributed by atoms with van der Waals surface area (Å²) in [7, 11) is 0. The highest BCUT2D eigenvalue weighted by Crippen LogP contribution is 2.25. The van der Waals surface area contributed by atoms with Crippen LogP contribution in [0.15, 0.2) is 27.7 Å². The minimum atomic E-state index is -0.323. The summed E-state index contributed by atoms with van der Waals surface area (Å²) >= 11 is 9.36. The number of nitrogens with one attached hydrogen (secondary N) is 1. The van der Waals surface area contributed by atoms with Gasteiger partial charge in [0, 0.05) is 17.3 Å². The highest BCUT2D eigenvalue weighted by Gasteiger charge is 2.31. The van der Waals surface area contributed by atoms with Gasteiger partial charge in [0.25, 0.3) is 5.56 Å². The summed E-state index contributed by atoms with van der Waals surface area (Å²) in [6, 6.07) is 2.97. The second-order valence-corrected chi connectivity index (χ2v) is 7.70. The Balaban J connectivity index is 1.72. The second-order valence-electron chi connectivity index (χ2n) is 6.44. The Morgan fingerprint density at radius 1 is 1.44 bits per heavy atom. The number of nitrogens with zero attached hydrogens (tertiary/aromatic N) is 2.